The van der Waals surface area contributed by atoms with E-state index in [0.717, 1.165) is 17.0 Å². The van der Waals surface area contributed by atoms with E-state index in [-0.39, 0.29) is 0 Å². The predicted octanol–water partition coefficient (Wildman–Crippen LogP) is 1.70. The highest BCUT2D eigenvalue weighted by molar-refractivity contribution is 5.42. The number of fused-ring (bicyclic) bond motifs is 1. The fourth-order valence-corrected chi connectivity index (χ4v) is 1.52. The highest BCUT2D eigenvalue weighted by Gasteiger charge is 2.08. The molecule has 1 N–H and O–H groups in total. The molecular formula is C10H12N2O. The van der Waals surface area contributed by atoms with Gasteiger partial charge in [0, 0.05) is 5.69 Å². The maximum absolute atomic E-state index is 9.47. The Morgan fingerprint density at radius 1 is 1.46 bits per heavy atom. The fourth-order valence-electron chi connectivity index (χ4n) is 1.52. The van der Waals surface area contributed by atoms with Gasteiger partial charge in [0.2, 0.25) is 0 Å². The Hall–Kier alpha value is -1.35. The molecule has 2 aromatic heterocycles. The van der Waals surface area contributed by atoms with Gasteiger partial charge in [-0.3, -0.25) is 4.40 Å². The van der Waals surface area contributed by atoms with Gasteiger partial charge in [-0.2, -0.15) is 0 Å². The van der Waals surface area contributed by atoms with Crippen LogP contribution in [0.3, 0.4) is 0 Å². The zero-order chi connectivity index (χ0) is 9.42. The molecular weight excluding hydrogens is 164 g/mol. The lowest BCUT2D eigenvalue weighted by Crippen LogP contribution is -1.99. The van der Waals surface area contributed by atoms with Crippen LogP contribution in [0.5, 0.6) is 0 Å². The number of aromatic nitrogens is 2. The molecule has 1 atom stereocenters. The van der Waals surface area contributed by atoms with E-state index >= 15 is 0 Å². The molecule has 2 aromatic rings. The van der Waals surface area contributed by atoms with Gasteiger partial charge in [0.25, 0.3) is 0 Å². The molecule has 1 unspecified atom stereocenters. The van der Waals surface area contributed by atoms with Crippen molar-refractivity contribution in [1.82, 2.24) is 9.38 Å². The first-order chi connectivity index (χ1) is 6.20. The van der Waals surface area contributed by atoms with E-state index in [0.29, 0.717) is 0 Å². The smallest absolute Gasteiger partial charge is 0.137 e. The van der Waals surface area contributed by atoms with Crippen LogP contribution in [-0.2, 0) is 0 Å². The standard InChI is InChI=1S/C10H12N2O/c1-7-4-3-5-10-11-6-9(8(2)13)12(7)10/h3-6,8,13H,1-2H3. The Balaban J connectivity index is 2.79. The Bertz CT molecular complexity index is 431. The van der Waals surface area contributed by atoms with E-state index in [2.05, 4.69) is 4.98 Å². The lowest BCUT2D eigenvalue weighted by Gasteiger charge is -2.06. The number of pyridine rings is 1. The van der Waals surface area contributed by atoms with Gasteiger partial charge in [0.15, 0.2) is 0 Å². The number of aliphatic hydroxyl groups excluding tert-OH is 1. The zero-order valence-corrected chi connectivity index (χ0v) is 7.73. The van der Waals surface area contributed by atoms with Gasteiger partial charge < -0.3 is 5.11 Å². The normalized spacial score (nSPS) is 13.5. The summed E-state index contributed by atoms with van der Waals surface area (Å²) in [6.07, 6.45) is 1.24. The van der Waals surface area contributed by atoms with E-state index in [1.54, 1.807) is 13.1 Å². The SMILES string of the molecule is Cc1cccc2ncc(C(C)O)n12. The Labute approximate surface area is 76.7 Å². The van der Waals surface area contributed by atoms with Crippen molar-refractivity contribution < 1.29 is 5.11 Å². The summed E-state index contributed by atoms with van der Waals surface area (Å²) in [5.74, 6) is 0. The summed E-state index contributed by atoms with van der Waals surface area (Å²) >= 11 is 0. The van der Waals surface area contributed by atoms with Gasteiger partial charge >= 0.3 is 0 Å². The zero-order valence-electron chi connectivity index (χ0n) is 7.73. The van der Waals surface area contributed by atoms with E-state index in [9.17, 15) is 5.11 Å². The minimum atomic E-state index is -0.476. The molecule has 0 aliphatic carbocycles. The highest BCUT2D eigenvalue weighted by atomic mass is 16.3. The fraction of sp³-hybridized carbons (Fsp3) is 0.300. The third-order valence-corrected chi connectivity index (χ3v) is 2.18. The van der Waals surface area contributed by atoms with Crippen LogP contribution in [0, 0.1) is 6.92 Å². The van der Waals surface area contributed by atoms with Crippen LogP contribution in [0.4, 0.5) is 0 Å². The number of aliphatic hydroxyl groups is 1. The van der Waals surface area contributed by atoms with Gasteiger partial charge in [0.05, 0.1) is 18.0 Å². The monoisotopic (exact) mass is 176 g/mol. The molecule has 0 radical (unpaired) electrons. The highest BCUT2D eigenvalue weighted by Crippen LogP contribution is 2.16. The topological polar surface area (TPSA) is 37.5 Å². The summed E-state index contributed by atoms with van der Waals surface area (Å²) in [7, 11) is 0. The van der Waals surface area contributed by atoms with Crippen LogP contribution in [-0.4, -0.2) is 14.5 Å². The lowest BCUT2D eigenvalue weighted by atomic mass is 10.3. The Morgan fingerprint density at radius 3 is 2.92 bits per heavy atom. The van der Waals surface area contributed by atoms with Crippen LogP contribution >= 0.6 is 0 Å². The first-order valence-electron chi connectivity index (χ1n) is 4.31. The van der Waals surface area contributed by atoms with Crippen molar-refractivity contribution in [3.8, 4) is 0 Å². The second kappa shape index (κ2) is 2.85. The van der Waals surface area contributed by atoms with Gasteiger partial charge in [-0.05, 0) is 26.0 Å². The third kappa shape index (κ3) is 1.21. The number of imidazole rings is 1. The van der Waals surface area contributed by atoms with Crippen LogP contribution in [0.25, 0.3) is 5.65 Å². The van der Waals surface area contributed by atoms with Crippen LogP contribution in [0.2, 0.25) is 0 Å². The number of hydrogen-bond acceptors (Lipinski definition) is 2. The van der Waals surface area contributed by atoms with Gasteiger partial charge in [-0.25, -0.2) is 4.98 Å². The van der Waals surface area contributed by atoms with Crippen LogP contribution < -0.4 is 0 Å². The molecule has 0 aromatic carbocycles. The molecule has 0 saturated heterocycles. The molecule has 0 amide bonds. The van der Waals surface area contributed by atoms with Crippen molar-refractivity contribution in [2.24, 2.45) is 0 Å². The molecule has 0 fully saturated rings. The molecule has 68 valence electrons. The van der Waals surface area contributed by atoms with Gasteiger partial charge in [-0.1, -0.05) is 6.07 Å². The Kier molecular flexibility index (Phi) is 1.81. The number of nitrogens with zero attached hydrogens (tertiary/aromatic N) is 2. The lowest BCUT2D eigenvalue weighted by molar-refractivity contribution is 0.193. The molecule has 0 bridgehead atoms. The molecule has 0 aliphatic heterocycles. The second-order valence-electron chi connectivity index (χ2n) is 3.22. The molecule has 3 heteroatoms. The minimum Gasteiger partial charge on any atom is -0.387 e. The summed E-state index contributed by atoms with van der Waals surface area (Å²) in [5.41, 5.74) is 2.81. The molecule has 2 heterocycles. The maximum atomic E-state index is 9.47. The van der Waals surface area contributed by atoms with E-state index in [1.807, 2.05) is 29.5 Å². The summed E-state index contributed by atoms with van der Waals surface area (Å²) in [4.78, 5) is 4.20. The minimum absolute atomic E-state index is 0.476. The van der Waals surface area contributed by atoms with E-state index < -0.39 is 6.10 Å². The largest absolute Gasteiger partial charge is 0.387 e. The van der Waals surface area contributed by atoms with E-state index in [1.165, 1.54) is 0 Å². The van der Waals surface area contributed by atoms with Crippen LogP contribution in [0.15, 0.2) is 24.4 Å². The van der Waals surface area contributed by atoms with Crippen molar-refractivity contribution in [3.63, 3.8) is 0 Å². The van der Waals surface area contributed by atoms with E-state index in [4.69, 9.17) is 0 Å². The van der Waals surface area contributed by atoms with Crippen molar-refractivity contribution in [2.75, 3.05) is 0 Å². The summed E-state index contributed by atoms with van der Waals surface area (Å²) in [6.45, 7) is 3.75. The van der Waals surface area contributed by atoms with Crippen LogP contribution in [0.1, 0.15) is 24.4 Å². The quantitative estimate of drug-likeness (QED) is 0.718. The molecule has 0 spiro atoms. The molecule has 13 heavy (non-hydrogen) atoms. The maximum Gasteiger partial charge on any atom is 0.137 e. The first-order valence-corrected chi connectivity index (χ1v) is 4.31. The second-order valence-corrected chi connectivity index (χ2v) is 3.22. The van der Waals surface area contributed by atoms with Crippen molar-refractivity contribution in [2.45, 2.75) is 20.0 Å². The van der Waals surface area contributed by atoms with Crippen molar-refractivity contribution in [1.29, 1.82) is 0 Å². The molecule has 3 nitrogen and oxygen atoms in total. The molecule has 0 saturated carbocycles. The van der Waals surface area contributed by atoms with Crippen molar-refractivity contribution >= 4 is 5.65 Å². The molecule has 2 rings (SSSR count). The number of rotatable bonds is 1. The summed E-state index contributed by atoms with van der Waals surface area (Å²) in [6, 6.07) is 5.89. The summed E-state index contributed by atoms with van der Waals surface area (Å²) in [5, 5.41) is 9.47. The Morgan fingerprint density at radius 2 is 2.23 bits per heavy atom. The average molecular weight is 176 g/mol. The summed E-state index contributed by atoms with van der Waals surface area (Å²) < 4.78 is 1.96. The predicted molar refractivity (Wildman–Crippen MR) is 50.6 cm³/mol. The number of hydrogen-bond donors (Lipinski definition) is 1. The average Bonchev–Trinajstić information content (AvgIpc) is 2.49. The first kappa shape index (κ1) is 8.26. The van der Waals surface area contributed by atoms with Crippen molar-refractivity contribution in [3.05, 3.63) is 35.8 Å². The van der Waals surface area contributed by atoms with Gasteiger partial charge in [0.1, 0.15) is 5.65 Å². The number of aryl methyl sites for hydroxylation is 1. The third-order valence-electron chi connectivity index (χ3n) is 2.18. The molecule has 0 aliphatic rings. The van der Waals surface area contributed by atoms with Gasteiger partial charge in [-0.15, -0.1) is 0 Å².